The Hall–Kier alpha value is -1.21. The smallest absolute Gasteiger partial charge is 0.275 e. The van der Waals surface area contributed by atoms with Crippen molar-refractivity contribution in [3.05, 3.63) is 38.9 Å². The van der Waals surface area contributed by atoms with E-state index in [0.717, 1.165) is 0 Å². The Morgan fingerprint density at radius 2 is 2.37 bits per heavy atom. The molecule has 0 spiro atoms. The van der Waals surface area contributed by atoms with Crippen LogP contribution in [0.15, 0.2) is 18.2 Å². The lowest BCUT2D eigenvalue weighted by Gasteiger charge is -2.34. The number of nitro benzene ring substituents is 1. The van der Waals surface area contributed by atoms with Crippen molar-refractivity contribution in [2.24, 2.45) is 0 Å². The van der Waals surface area contributed by atoms with Gasteiger partial charge in [0.15, 0.2) is 0 Å². The summed E-state index contributed by atoms with van der Waals surface area (Å²) in [5.41, 5.74) is 0.491. The second kappa shape index (κ2) is 6.29. The van der Waals surface area contributed by atoms with Crippen LogP contribution in [0.1, 0.15) is 5.56 Å². The van der Waals surface area contributed by atoms with Gasteiger partial charge in [0.05, 0.1) is 41.4 Å². The van der Waals surface area contributed by atoms with Gasteiger partial charge in [-0.2, -0.15) is 0 Å². The Bertz CT molecular complexity index is 469. The Labute approximate surface area is 115 Å². The second-order valence-corrected chi connectivity index (χ2v) is 4.78. The van der Waals surface area contributed by atoms with Crippen LogP contribution in [0.4, 0.5) is 5.69 Å². The highest BCUT2D eigenvalue weighted by atomic mass is 35.5. The van der Waals surface area contributed by atoms with Gasteiger partial charge in [-0.1, -0.05) is 17.7 Å². The van der Waals surface area contributed by atoms with Gasteiger partial charge in [0.25, 0.3) is 5.69 Å². The van der Waals surface area contributed by atoms with Crippen LogP contribution < -0.4 is 0 Å². The van der Waals surface area contributed by atoms with Crippen molar-refractivity contribution in [3.8, 4) is 0 Å². The summed E-state index contributed by atoms with van der Waals surface area (Å²) in [6.45, 7) is 1.89. The van der Waals surface area contributed by atoms with Crippen LogP contribution in [0, 0.1) is 10.1 Å². The summed E-state index contributed by atoms with van der Waals surface area (Å²) >= 11 is 6.06. The number of nitro groups is 1. The maximum Gasteiger partial charge on any atom is 0.275 e. The minimum Gasteiger partial charge on any atom is -0.395 e. The largest absolute Gasteiger partial charge is 0.395 e. The molecule has 1 atom stereocenters. The lowest BCUT2D eigenvalue weighted by atomic mass is 10.1. The first kappa shape index (κ1) is 14.2. The Morgan fingerprint density at radius 1 is 1.58 bits per heavy atom. The fourth-order valence-electron chi connectivity index (χ4n) is 2.14. The van der Waals surface area contributed by atoms with Crippen LogP contribution in [-0.2, 0) is 11.3 Å². The third-order valence-electron chi connectivity index (χ3n) is 3.21. The summed E-state index contributed by atoms with van der Waals surface area (Å²) in [6.07, 6.45) is 0. The molecular formula is C12H15ClN2O4. The maximum atomic E-state index is 11.0. The van der Waals surface area contributed by atoms with Crippen LogP contribution in [0.2, 0.25) is 5.02 Å². The highest BCUT2D eigenvalue weighted by Crippen LogP contribution is 2.28. The second-order valence-electron chi connectivity index (χ2n) is 4.38. The molecule has 1 heterocycles. The van der Waals surface area contributed by atoms with Crippen molar-refractivity contribution in [1.82, 2.24) is 4.90 Å². The monoisotopic (exact) mass is 286 g/mol. The highest BCUT2D eigenvalue weighted by molar-refractivity contribution is 6.31. The van der Waals surface area contributed by atoms with E-state index in [9.17, 15) is 15.2 Å². The van der Waals surface area contributed by atoms with Crippen molar-refractivity contribution in [3.63, 3.8) is 0 Å². The SMILES string of the molecule is O=[N+]([O-])c1cccc(Cl)c1CN1CCOCC1CO. The molecule has 1 aromatic carbocycles. The first-order valence-corrected chi connectivity index (χ1v) is 6.35. The van der Waals surface area contributed by atoms with E-state index in [1.54, 1.807) is 12.1 Å². The molecule has 1 aromatic rings. The predicted octanol–water partition coefficient (Wildman–Crippen LogP) is 1.44. The summed E-state index contributed by atoms with van der Waals surface area (Å²) in [5.74, 6) is 0. The Morgan fingerprint density at radius 3 is 3.05 bits per heavy atom. The zero-order valence-electron chi connectivity index (χ0n) is 10.3. The number of rotatable bonds is 4. The third kappa shape index (κ3) is 3.22. The van der Waals surface area contributed by atoms with E-state index in [1.165, 1.54) is 6.07 Å². The molecular weight excluding hydrogens is 272 g/mol. The standard InChI is InChI=1S/C12H15ClN2O4/c13-11-2-1-3-12(15(17)18)10(11)6-14-4-5-19-8-9(14)7-16/h1-3,9,16H,4-8H2. The van der Waals surface area contributed by atoms with Gasteiger partial charge in [-0.15, -0.1) is 0 Å². The van der Waals surface area contributed by atoms with Crippen LogP contribution >= 0.6 is 11.6 Å². The molecule has 1 unspecified atom stereocenters. The molecule has 0 amide bonds. The molecule has 1 saturated heterocycles. The van der Waals surface area contributed by atoms with Crippen molar-refractivity contribution in [2.45, 2.75) is 12.6 Å². The number of ether oxygens (including phenoxy) is 1. The van der Waals surface area contributed by atoms with Crippen molar-refractivity contribution >= 4 is 17.3 Å². The van der Waals surface area contributed by atoms with Crippen molar-refractivity contribution < 1.29 is 14.8 Å². The lowest BCUT2D eigenvalue weighted by Crippen LogP contribution is -2.46. The number of aliphatic hydroxyl groups excluding tert-OH is 1. The van der Waals surface area contributed by atoms with Gasteiger partial charge in [0, 0.05) is 19.2 Å². The number of aliphatic hydroxyl groups is 1. The number of hydrogen-bond acceptors (Lipinski definition) is 5. The quantitative estimate of drug-likeness (QED) is 0.669. The van der Waals surface area contributed by atoms with Crippen LogP contribution in [0.3, 0.4) is 0 Å². The van der Waals surface area contributed by atoms with Gasteiger partial charge < -0.3 is 9.84 Å². The predicted molar refractivity (Wildman–Crippen MR) is 70.2 cm³/mol. The van der Waals surface area contributed by atoms with Crippen LogP contribution in [0.25, 0.3) is 0 Å². The average Bonchev–Trinajstić information content (AvgIpc) is 2.41. The number of nitrogens with zero attached hydrogens (tertiary/aromatic N) is 2. The van der Waals surface area contributed by atoms with Gasteiger partial charge in [0.1, 0.15) is 0 Å². The summed E-state index contributed by atoms with van der Waals surface area (Å²) in [4.78, 5) is 12.5. The van der Waals surface area contributed by atoms with E-state index in [1.807, 2.05) is 4.90 Å². The molecule has 0 radical (unpaired) electrons. The van der Waals surface area contributed by atoms with Crippen molar-refractivity contribution in [2.75, 3.05) is 26.4 Å². The lowest BCUT2D eigenvalue weighted by molar-refractivity contribution is -0.385. The molecule has 0 aliphatic carbocycles. The van der Waals surface area contributed by atoms with Crippen molar-refractivity contribution in [1.29, 1.82) is 0 Å². The van der Waals surface area contributed by atoms with Gasteiger partial charge in [-0.05, 0) is 6.07 Å². The third-order valence-corrected chi connectivity index (χ3v) is 3.57. The molecule has 1 aliphatic heterocycles. The minimum absolute atomic E-state index is 0.00989. The van der Waals surface area contributed by atoms with E-state index in [2.05, 4.69) is 0 Å². The number of hydrogen-bond donors (Lipinski definition) is 1. The average molecular weight is 287 g/mol. The van der Waals surface area contributed by atoms with E-state index >= 15 is 0 Å². The summed E-state index contributed by atoms with van der Waals surface area (Å²) in [7, 11) is 0. The van der Waals surface area contributed by atoms with E-state index in [0.29, 0.717) is 36.9 Å². The number of halogens is 1. The molecule has 0 aromatic heterocycles. The fraction of sp³-hybridized carbons (Fsp3) is 0.500. The topological polar surface area (TPSA) is 75.8 Å². The molecule has 104 valence electrons. The van der Waals surface area contributed by atoms with Crippen LogP contribution in [-0.4, -0.2) is 47.3 Å². The van der Waals surface area contributed by atoms with E-state index in [-0.39, 0.29) is 18.3 Å². The normalized spacial score (nSPS) is 20.4. The molecule has 1 fully saturated rings. The van der Waals surface area contributed by atoms with Gasteiger partial charge >= 0.3 is 0 Å². The molecule has 2 rings (SSSR count). The van der Waals surface area contributed by atoms with E-state index < -0.39 is 4.92 Å². The highest BCUT2D eigenvalue weighted by Gasteiger charge is 2.26. The van der Waals surface area contributed by atoms with Gasteiger partial charge in [-0.3, -0.25) is 15.0 Å². The van der Waals surface area contributed by atoms with E-state index in [4.69, 9.17) is 16.3 Å². The van der Waals surface area contributed by atoms with Crippen LogP contribution in [0.5, 0.6) is 0 Å². The van der Waals surface area contributed by atoms with Gasteiger partial charge in [-0.25, -0.2) is 0 Å². The number of morpholine rings is 1. The molecule has 0 bridgehead atoms. The first-order chi connectivity index (χ1) is 9.13. The zero-order chi connectivity index (χ0) is 13.8. The summed E-state index contributed by atoms with van der Waals surface area (Å²) in [6, 6.07) is 4.49. The maximum absolute atomic E-state index is 11.0. The summed E-state index contributed by atoms with van der Waals surface area (Å²) in [5, 5.41) is 20.7. The first-order valence-electron chi connectivity index (χ1n) is 5.98. The molecule has 19 heavy (non-hydrogen) atoms. The fourth-order valence-corrected chi connectivity index (χ4v) is 2.37. The molecule has 1 N–H and O–H groups in total. The Balaban J connectivity index is 2.24. The zero-order valence-corrected chi connectivity index (χ0v) is 11.0. The molecule has 1 aliphatic rings. The Kier molecular flexibility index (Phi) is 4.71. The van der Waals surface area contributed by atoms with Gasteiger partial charge in [0.2, 0.25) is 0 Å². The minimum atomic E-state index is -0.435. The summed E-state index contributed by atoms with van der Waals surface area (Å²) < 4.78 is 5.28. The molecule has 6 nitrogen and oxygen atoms in total. The molecule has 7 heteroatoms. The number of benzene rings is 1. The molecule has 0 saturated carbocycles.